The van der Waals surface area contributed by atoms with Crippen LogP contribution >= 0.6 is 0 Å². The number of hydrogen-bond donors (Lipinski definition) is 1. The van der Waals surface area contributed by atoms with E-state index in [1.54, 1.807) is 0 Å². The first-order valence-electron chi connectivity index (χ1n) is 7.02. The zero-order chi connectivity index (χ0) is 14.2. The van der Waals surface area contributed by atoms with Crippen LogP contribution in [-0.4, -0.2) is 25.0 Å². The molecule has 0 radical (unpaired) electrons. The lowest BCUT2D eigenvalue weighted by molar-refractivity contribution is -0.119. The number of nitrogens with zero attached hydrogens (tertiary/aromatic N) is 1. The van der Waals surface area contributed by atoms with Gasteiger partial charge in [0.15, 0.2) is 0 Å². The van der Waals surface area contributed by atoms with Crippen molar-refractivity contribution in [2.75, 3.05) is 18.0 Å². The van der Waals surface area contributed by atoms with E-state index in [2.05, 4.69) is 45.1 Å². The van der Waals surface area contributed by atoms with Crippen molar-refractivity contribution in [1.82, 2.24) is 5.32 Å². The summed E-state index contributed by atoms with van der Waals surface area (Å²) >= 11 is 0. The Balaban J connectivity index is 2.46. The Kier molecular flexibility index (Phi) is 3.95. The lowest BCUT2D eigenvalue weighted by Gasteiger charge is -2.28. The number of carbonyl (C=O) groups excluding carboxylic acids is 1. The van der Waals surface area contributed by atoms with Crippen molar-refractivity contribution in [2.24, 2.45) is 5.92 Å². The maximum absolute atomic E-state index is 12.5. The zero-order valence-corrected chi connectivity index (χ0v) is 12.6. The van der Waals surface area contributed by atoms with E-state index >= 15 is 0 Å². The number of amides is 1. The maximum Gasteiger partial charge on any atom is 0.243 e. The van der Waals surface area contributed by atoms with Gasteiger partial charge < -0.3 is 10.2 Å². The lowest BCUT2D eigenvalue weighted by atomic mass is 10.0. The molecule has 19 heavy (non-hydrogen) atoms. The van der Waals surface area contributed by atoms with E-state index in [9.17, 15) is 4.79 Å². The van der Waals surface area contributed by atoms with Crippen LogP contribution in [-0.2, 0) is 4.79 Å². The Morgan fingerprint density at radius 3 is 2.32 bits per heavy atom. The summed E-state index contributed by atoms with van der Waals surface area (Å²) in [6.45, 7) is 12.1. The minimum absolute atomic E-state index is 0.106. The molecule has 2 unspecified atom stereocenters. The highest BCUT2D eigenvalue weighted by Gasteiger charge is 2.28. The molecule has 104 valence electrons. The average molecular weight is 260 g/mol. The molecule has 1 saturated heterocycles. The van der Waals surface area contributed by atoms with E-state index in [0.717, 1.165) is 18.8 Å². The van der Waals surface area contributed by atoms with Crippen LogP contribution in [0.3, 0.4) is 0 Å². The number of rotatable bonds is 1. The predicted octanol–water partition coefficient (Wildman–Crippen LogP) is 2.57. The number of carbonyl (C=O) groups is 1. The quantitative estimate of drug-likeness (QED) is 0.841. The summed E-state index contributed by atoms with van der Waals surface area (Å²) in [4.78, 5) is 14.5. The Morgan fingerprint density at radius 1 is 1.16 bits per heavy atom. The average Bonchev–Trinajstić information content (AvgIpc) is 2.42. The minimum atomic E-state index is -0.106. The highest BCUT2D eigenvalue weighted by Crippen LogP contribution is 2.28. The lowest BCUT2D eigenvalue weighted by Crippen LogP contribution is -2.42. The molecule has 1 aliphatic rings. The van der Waals surface area contributed by atoms with Crippen molar-refractivity contribution >= 4 is 11.6 Å². The van der Waals surface area contributed by atoms with Gasteiger partial charge >= 0.3 is 0 Å². The highest BCUT2D eigenvalue weighted by molar-refractivity contribution is 5.98. The number of aryl methyl sites for hydroxylation is 3. The number of nitrogens with one attached hydrogen (secondary N) is 1. The van der Waals surface area contributed by atoms with Gasteiger partial charge in [-0.15, -0.1) is 0 Å². The van der Waals surface area contributed by atoms with Gasteiger partial charge in [0.1, 0.15) is 0 Å². The molecule has 1 N–H and O–H groups in total. The van der Waals surface area contributed by atoms with Crippen LogP contribution in [0.15, 0.2) is 12.1 Å². The molecule has 0 aromatic heterocycles. The molecule has 1 aromatic carbocycles. The molecule has 3 heteroatoms. The third kappa shape index (κ3) is 2.81. The van der Waals surface area contributed by atoms with Crippen molar-refractivity contribution in [3.63, 3.8) is 0 Å². The molecule has 0 bridgehead atoms. The summed E-state index contributed by atoms with van der Waals surface area (Å²) in [6.07, 6.45) is 0. The molecule has 1 heterocycles. The molecule has 3 nitrogen and oxygen atoms in total. The van der Waals surface area contributed by atoms with Crippen LogP contribution in [0.2, 0.25) is 0 Å². The molecule has 1 amide bonds. The second-order valence-corrected chi connectivity index (χ2v) is 5.93. The largest absolute Gasteiger partial charge is 0.310 e. The van der Waals surface area contributed by atoms with E-state index in [4.69, 9.17) is 0 Å². The second-order valence-electron chi connectivity index (χ2n) is 5.93. The van der Waals surface area contributed by atoms with Gasteiger partial charge in [0.25, 0.3) is 0 Å². The van der Waals surface area contributed by atoms with E-state index < -0.39 is 0 Å². The molecule has 0 spiro atoms. The van der Waals surface area contributed by atoms with E-state index in [0.29, 0.717) is 5.92 Å². The third-order valence-electron chi connectivity index (χ3n) is 3.81. The smallest absolute Gasteiger partial charge is 0.243 e. The van der Waals surface area contributed by atoms with Gasteiger partial charge in [-0.1, -0.05) is 24.6 Å². The van der Waals surface area contributed by atoms with Crippen LogP contribution in [0.4, 0.5) is 5.69 Å². The Bertz CT molecular complexity index is 473. The fourth-order valence-corrected chi connectivity index (χ4v) is 2.96. The van der Waals surface area contributed by atoms with Gasteiger partial charge in [0, 0.05) is 18.8 Å². The Labute approximate surface area is 116 Å². The predicted molar refractivity (Wildman–Crippen MR) is 79.6 cm³/mol. The van der Waals surface area contributed by atoms with Gasteiger partial charge in [0.2, 0.25) is 5.91 Å². The van der Waals surface area contributed by atoms with Gasteiger partial charge in [-0.3, -0.25) is 4.79 Å². The molecule has 1 aromatic rings. The first-order chi connectivity index (χ1) is 8.90. The molecule has 1 fully saturated rings. The fraction of sp³-hybridized carbons (Fsp3) is 0.562. The monoisotopic (exact) mass is 260 g/mol. The van der Waals surface area contributed by atoms with E-state index in [1.165, 1.54) is 16.7 Å². The Hall–Kier alpha value is -1.35. The molecule has 1 aliphatic heterocycles. The van der Waals surface area contributed by atoms with Crippen LogP contribution in [0.25, 0.3) is 0 Å². The molecule has 2 rings (SSSR count). The van der Waals surface area contributed by atoms with Crippen LogP contribution < -0.4 is 10.2 Å². The first kappa shape index (κ1) is 14.1. The summed E-state index contributed by atoms with van der Waals surface area (Å²) < 4.78 is 0. The summed E-state index contributed by atoms with van der Waals surface area (Å²) in [5.74, 6) is 0.647. The molecular formula is C16H24N2O. The summed E-state index contributed by atoms with van der Waals surface area (Å²) in [6, 6.07) is 4.21. The van der Waals surface area contributed by atoms with Crippen molar-refractivity contribution in [3.05, 3.63) is 28.8 Å². The standard InChI is InChI=1S/C16H24N2O/c1-10-6-12(3)15(13(4)7-10)18-9-11(2)8-17-14(5)16(18)19/h6-7,11,14,17H,8-9H2,1-5H3. The van der Waals surface area contributed by atoms with E-state index in [1.807, 2.05) is 11.8 Å². The molecule has 2 atom stereocenters. The van der Waals surface area contributed by atoms with Crippen molar-refractivity contribution in [1.29, 1.82) is 0 Å². The molecule has 0 saturated carbocycles. The topological polar surface area (TPSA) is 32.3 Å². The molecular weight excluding hydrogens is 236 g/mol. The minimum Gasteiger partial charge on any atom is -0.310 e. The van der Waals surface area contributed by atoms with Crippen LogP contribution in [0, 0.1) is 26.7 Å². The number of benzene rings is 1. The summed E-state index contributed by atoms with van der Waals surface area (Å²) in [5, 5.41) is 3.30. The molecule has 0 aliphatic carbocycles. The maximum atomic E-state index is 12.5. The van der Waals surface area contributed by atoms with Gasteiger partial charge in [-0.05, 0) is 44.7 Å². The first-order valence-corrected chi connectivity index (χ1v) is 7.02. The van der Waals surface area contributed by atoms with Crippen LogP contribution in [0.1, 0.15) is 30.5 Å². The number of anilines is 1. The number of hydrogen-bond acceptors (Lipinski definition) is 2. The Morgan fingerprint density at radius 2 is 1.74 bits per heavy atom. The van der Waals surface area contributed by atoms with Crippen molar-refractivity contribution in [3.8, 4) is 0 Å². The summed E-state index contributed by atoms with van der Waals surface area (Å²) in [5.41, 5.74) is 4.72. The SMILES string of the molecule is Cc1cc(C)c(N2CC(C)CNC(C)C2=O)c(C)c1. The normalized spacial score (nSPS) is 24.5. The second kappa shape index (κ2) is 5.33. The summed E-state index contributed by atoms with van der Waals surface area (Å²) in [7, 11) is 0. The van der Waals surface area contributed by atoms with Crippen molar-refractivity contribution < 1.29 is 4.79 Å². The fourth-order valence-electron chi connectivity index (χ4n) is 2.96. The zero-order valence-electron chi connectivity index (χ0n) is 12.6. The van der Waals surface area contributed by atoms with Gasteiger partial charge in [-0.2, -0.15) is 0 Å². The van der Waals surface area contributed by atoms with E-state index in [-0.39, 0.29) is 11.9 Å². The third-order valence-corrected chi connectivity index (χ3v) is 3.81. The van der Waals surface area contributed by atoms with Crippen molar-refractivity contribution in [2.45, 2.75) is 40.7 Å². The highest BCUT2D eigenvalue weighted by atomic mass is 16.2. The van der Waals surface area contributed by atoms with Gasteiger partial charge in [0.05, 0.1) is 6.04 Å². The van der Waals surface area contributed by atoms with Gasteiger partial charge in [-0.25, -0.2) is 0 Å². The van der Waals surface area contributed by atoms with Crippen LogP contribution in [0.5, 0.6) is 0 Å².